The fraction of sp³-hybridized carbons (Fsp3) is 0.125. The van der Waals surface area contributed by atoms with Gasteiger partial charge in [0.25, 0.3) is 5.56 Å². The van der Waals surface area contributed by atoms with Crippen LogP contribution in [0.25, 0.3) is 22.3 Å². The second-order valence-corrected chi connectivity index (χ2v) is 4.81. The van der Waals surface area contributed by atoms with Gasteiger partial charge in [0.15, 0.2) is 0 Å². The van der Waals surface area contributed by atoms with Gasteiger partial charge < -0.3 is 4.98 Å². The number of hydrogen-bond donors (Lipinski definition) is 1. The van der Waals surface area contributed by atoms with E-state index in [0.29, 0.717) is 5.69 Å². The van der Waals surface area contributed by atoms with Crippen molar-refractivity contribution in [2.45, 2.75) is 13.8 Å². The zero-order valence-electron chi connectivity index (χ0n) is 10.9. The summed E-state index contributed by atoms with van der Waals surface area (Å²) in [6.45, 7) is 4.04. The van der Waals surface area contributed by atoms with Gasteiger partial charge in [-0.05, 0) is 38.1 Å². The predicted molar refractivity (Wildman–Crippen MR) is 77.3 cm³/mol. The fourth-order valence-electron chi connectivity index (χ4n) is 2.34. The Bertz CT molecular complexity index is 798. The van der Waals surface area contributed by atoms with Gasteiger partial charge >= 0.3 is 0 Å². The van der Waals surface area contributed by atoms with Crippen LogP contribution in [0.2, 0.25) is 0 Å². The van der Waals surface area contributed by atoms with Gasteiger partial charge in [-0.25, -0.2) is 4.98 Å². The van der Waals surface area contributed by atoms with Crippen LogP contribution in [0.4, 0.5) is 0 Å². The normalized spacial score (nSPS) is 10.8. The topological polar surface area (TPSA) is 45.8 Å². The highest BCUT2D eigenvalue weighted by Gasteiger charge is 2.08. The maximum absolute atomic E-state index is 12.1. The third-order valence-electron chi connectivity index (χ3n) is 3.09. The van der Waals surface area contributed by atoms with Crippen LogP contribution >= 0.6 is 0 Å². The molecule has 2 aromatic carbocycles. The molecule has 0 amide bonds. The van der Waals surface area contributed by atoms with Crippen molar-refractivity contribution in [3.8, 4) is 11.3 Å². The van der Waals surface area contributed by atoms with Gasteiger partial charge in [0.05, 0.1) is 11.0 Å². The lowest BCUT2D eigenvalue weighted by molar-refractivity contribution is 1.21. The van der Waals surface area contributed by atoms with Crippen LogP contribution in [0.1, 0.15) is 11.1 Å². The first-order valence-corrected chi connectivity index (χ1v) is 6.21. The highest BCUT2D eigenvalue weighted by atomic mass is 16.1. The quantitative estimate of drug-likeness (QED) is 0.720. The number of benzene rings is 2. The summed E-state index contributed by atoms with van der Waals surface area (Å²) in [6.07, 6.45) is 0. The maximum Gasteiger partial charge on any atom is 0.274 e. The lowest BCUT2D eigenvalue weighted by atomic mass is 10.1. The van der Waals surface area contributed by atoms with Crippen molar-refractivity contribution in [3.63, 3.8) is 0 Å². The standard InChI is InChI=1S/C16H14N2O/c1-10-7-11(2)9-12(8-10)15-16(19)18-14-6-4-3-5-13(14)17-15/h3-9H,1-2H3,(H,18,19). The minimum absolute atomic E-state index is 0.149. The number of nitrogens with one attached hydrogen (secondary N) is 1. The van der Waals surface area contributed by atoms with Gasteiger partial charge in [0.2, 0.25) is 0 Å². The molecular formula is C16H14N2O. The summed E-state index contributed by atoms with van der Waals surface area (Å²) in [7, 11) is 0. The highest BCUT2D eigenvalue weighted by Crippen LogP contribution is 2.19. The largest absolute Gasteiger partial charge is 0.319 e. The molecule has 0 saturated heterocycles. The molecule has 0 bridgehead atoms. The molecule has 1 N–H and O–H groups in total. The first kappa shape index (κ1) is 11.7. The zero-order chi connectivity index (χ0) is 13.4. The number of rotatable bonds is 1. The molecule has 1 heterocycles. The molecule has 3 nitrogen and oxygen atoms in total. The summed E-state index contributed by atoms with van der Waals surface area (Å²) in [6, 6.07) is 13.6. The van der Waals surface area contributed by atoms with Crippen molar-refractivity contribution in [2.75, 3.05) is 0 Å². The van der Waals surface area contributed by atoms with Crippen LogP contribution in [-0.2, 0) is 0 Å². The summed E-state index contributed by atoms with van der Waals surface area (Å²) in [5.41, 5.74) is 5.02. The molecule has 3 aromatic rings. The molecule has 0 saturated carbocycles. The van der Waals surface area contributed by atoms with Gasteiger partial charge in [-0.1, -0.05) is 29.3 Å². The van der Waals surface area contributed by atoms with Crippen LogP contribution in [0.5, 0.6) is 0 Å². The van der Waals surface area contributed by atoms with Gasteiger partial charge in [-0.3, -0.25) is 4.79 Å². The van der Waals surface area contributed by atoms with Crippen molar-refractivity contribution in [1.82, 2.24) is 9.97 Å². The Labute approximate surface area is 111 Å². The molecule has 19 heavy (non-hydrogen) atoms. The minimum Gasteiger partial charge on any atom is -0.319 e. The van der Waals surface area contributed by atoms with Gasteiger partial charge in [-0.15, -0.1) is 0 Å². The molecule has 3 heteroatoms. The molecule has 0 spiro atoms. The average Bonchev–Trinajstić information content (AvgIpc) is 2.36. The van der Waals surface area contributed by atoms with E-state index in [1.54, 1.807) is 0 Å². The smallest absolute Gasteiger partial charge is 0.274 e. The fourth-order valence-corrected chi connectivity index (χ4v) is 2.34. The average molecular weight is 250 g/mol. The van der Waals surface area contributed by atoms with E-state index in [4.69, 9.17) is 0 Å². The Hall–Kier alpha value is -2.42. The molecule has 0 unspecified atom stereocenters. The maximum atomic E-state index is 12.1. The lowest BCUT2D eigenvalue weighted by Crippen LogP contribution is -2.11. The van der Waals surface area contributed by atoms with E-state index in [1.807, 2.05) is 50.2 Å². The Morgan fingerprint density at radius 1 is 1.00 bits per heavy atom. The van der Waals surface area contributed by atoms with E-state index >= 15 is 0 Å². The zero-order valence-corrected chi connectivity index (χ0v) is 10.9. The van der Waals surface area contributed by atoms with Gasteiger partial charge in [0.1, 0.15) is 5.69 Å². The van der Waals surface area contributed by atoms with Crippen LogP contribution in [0.15, 0.2) is 47.3 Å². The van der Waals surface area contributed by atoms with E-state index < -0.39 is 0 Å². The third-order valence-corrected chi connectivity index (χ3v) is 3.09. The Kier molecular flexibility index (Phi) is 2.67. The number of para-hydroxylation sites is 2. The van der Waals surface area contributed by atoms with E-state index in [1.165, 1.54) is 0 Å². The second kappa shape index (κ2) is 4.35. The van der Waals surface area contributed by atoms with Crippen LogP contribution in [0, 0.1) is 13.8 Å². The number of aryl methyl sites for hydroxylation is 2. The highest BCUT2D eigenvalue weighted by molar-refractivity contribution is 5.77. The molecule has 0 atom stereocenters. The Morgan fingerprint density at radius 3 is 2.42 bits per heavy atom. The van der Waals surface area contributed by atoms with Crippen molar-refractivity contribution in [1.29, 1.82) is 0 Å². The summed E-state index contributed by atoms with van der Waals surface area (Å²) < 4.78 is 0. The number of nitrogens with zero attached hydrogens (tertiary/aromatic N) is 1. The molecule has 94 valence electrons. The molecule has 1 aromatic heterocycles. The summed E-state index contributed by atoms with van der Waals surface area (Å²) in [4.78, 5) is 19.5. The van der Waals surface area contributed by atoms with Crippen LogP contribution < -0.4 is 5.56 Å². The predicted octanol–water partition coefficient (Wildman–Crippen LogP) is 3.21. The van der Waals surface area contributed by atoms with E-state index in [9.17, 15) is 4.79 Å². The van der Waals surface area contributed by atoms with Crippen molar-refractivity contribution in [2.24, 2.45) is 0 Å². The van der Waals surface area contributed by atoms with Crippen molar-refractivity contribution in [3.05, 3.63) is 63.9 Å². The number of hydrogen-bond acceptors (Lipinski definition) is 2. The third kappa shape index (κ3) is 2.15. The Morgan fingerprint density at radius 2 is 1.68 bits per heavy atom. The summed E-state index contributed by atoms with van der Waals surface area (Å²) in [5, 5.41) is 0. The van der Waals surface area contributed by atoms with E-state index in [2.05, 4.69) is 16.0 Å². The van der Waals surface area contributed by atoms with Crippen LogP contribution in [-0.4, -0.2) is 9.97 Å². The van der Waals surface area contributed by atoms with Crippen LogP contribution in [0.3, 0.4) is 0 Å². The first-order chi connectivity index (χ1) is 9.13. The molecular weight excluding hydrogens is 236 g/mol. The van der Waals surface area contributed by atoms with Gasteiger partial charge in [0, 0.05) is 5.56 Å². The first-order valence-electron chi connectivity index (χ1n) is 6.21. The van der Waals surface area contributed by atoms with E-state index in [-0.39, 0.29) is 5.56 Å². The SMILES string of the molecule is Cc1cc(C)cc(-c2nc3ccccc3[nH]c2=O)c1. The molecule has 0 aliphatic carbocycles. The molecule has 0 fully saturated rings. The summed E-state index contributed by atoms with van der Waals surface area (Å²) in [5.74, 6) is 0. The molecule has 0 radical (unpaired) electrons. The molecule has 3 rings (SSSR count). The second-order valence-electron chi connectivity index (χ2n) is 4.81. The monoisotopic (exact) mass is 250 g/mol. The Balaban J connectivity index is 2.30. The number of aromatic nitrogens is 2. The van der Waals surface area contributed by atoms with E-state index in [0.717, 1.165) is 27.7 Å². The van der Waals surface area contributed by atoms with Crippen molar-refractivity contribution < 1.29 is 0 Å². The molecule has 0 aliphatic rings. The van der Waals surface area contributed by atoms with Crippen molar-refractivity contribution >= 4 is 11.0 Å². The number of fused-ring (bicyclic) bond motifs is 1. The van der Waals surface area contributed by atoms with Gasteiger partial charge in [-0.2, -0.15) is 0 Å². The molecule has 0 aliphatic heterocycles. The minimum atomic E-state index is -0.149. The lowest BCUT2D eigenvalue weighted by Gasteiger charge is -2.05. The summed E-state index contributed by atoms with van der Waals surface area (Å²) >= 11 is 0. The number of H-pyrrole nitrogens is 1. The number of aromatic amines is 1.